The zero-order valence-corrected chi connectivity index (χ0v) is 17.3. The SMILES string of the molecule is CC(C)(C)n1sc(-c2ccccc2)c(NCCCOc2cccc(O)c2)c1=O. The van der Waals surface area contributed by atoms with E-state index in [4.69, 9.17) is 4.74 Å². The molecule has 0 saturated heterocycles. The van der Waals surface area contributed by atoms with Gasteiger partial charge in [0.25, 0.3) is 5.56 Å². The van der Waals surface area contributed by atoms with Crippen LogP contribution in [0.4, 0.5) is 5.69 Å². The highest BCUT2D eigenvalue weighted by Crippen LogP contribution is 2.33. The molecule has 0 aliphatic heterocycles. The second-order valence-corrected chi connectivity index (χ2v) is 8.51. The molecule has 28 heavy (non-hydrogen) atoms. The van der Waals surface area contributed by atoms with Crippen LogP contribution in [-0.2, 0) is 5.54 Å². The van der Waals surface area contributed by atoms with Crippen LogP contribution < -0.4 is 15.6 Å². The Morgan fingerprint density at radius 2 is 1.86 bits per heavy atom. The normalized spacial score (nSPS) is 11.4. The zero-order chi connectivity index (χ0) is 20.1. The van der Waals surface area contributed by atoms with Crippen molar-refractivity contribution in [3.8, 4) is 21.9 Å². The largest absolute Gasteiger partial charge is 0.508 e. The average Bonchev–Trinajstić information content (AvgIpc) is 2.99. The Balaban J connectivity index is 1.70. The molecule has 2 aromatic carbocycles. The van der Waals surface area contributed by atoms with Crippen LogP contribution in [0.15, 0.2) is 59.4 Å². The Kier molecular flexibility index (Phi) is 6.09. The molecular formula is C22H26N2O3S. The molecule has 3 aromatic rings. The molecule has 2 N–H and O–H groups in total. The van der Waals surface area contributed by atoms with E-state index in [-0.39, 0.29) is 16.8 Å². The summed E-state index contributed by atoms with van der Waals surface area (Å²) in [6, 6.07) is 16.7. The lowest BCUT2D eigenvalue weighted by molar-refractivity contribution is 0.313. The number of phenols is 1. The van der Waals surface area contributed by atoms with Crippen molar-refractivity contribution in [1.29, 1.82) is 0 Å². The van der Waals surface area contributed by atoms with Crippen molar-refractivity contribution in [3.05, 3.63) is 65.0 Å². The van der Waals surface area contributed by atoms with Crippen LogP contribution in [0.2, 0.25) is 0 Å². The molecule has 0 atom stereocenters. The molecule has 0 radical (unpaired) electrons. The topological polar surface area (TPSA) is 63.5 Å². The minimum absolute atomic E-state index is 0.00486. The highest BCUT2D eigenvalue weighted by Gasteiger charge is 2.23. The quantitative estimate of drug-likeness (QED) is 0.555. The monoisotopic (exact) mass is 398 g/mol. The Hall–Kier alpha value is -2.73. The predicted molar refractivity (Wildman–Crippen MR) is 116 cm³/mol. The molecule has 0 aliphatic carbocycles. The van der Waals surface area contributed by atoms with Gasteiger partial charge in [-0.3, -0.25) is 8.75 Å². The standard InChI is InChI=1S/C22H26N2O3S/c1-22(2,3)24-21(26)19(20(28-24)16-9-5-4-6-10-16)23-13-8-14-27-18-12-7-11-17(25)15-18/h4-7,9-12,15,23,25H,8,13-14H2,1-3H3. The molecule has 5 nitrogen and oxygen atoms in total. The van der Waals surface area contributed by atoms with Crippen molar-refractivity contribution in [2.45, 2.75) is 32.7 Å². The van der Waals surface area contributed by atoms with Crippen LogP contribution in [-0.4, -0.2) is 22.2 Å². The van der Waals surface area contributed by atoms with Gasteiger partial charge in [0.15, 0.2) is 0 Å². The molecule has 0 unspecified atom stereocenters. The number of hydrogen-bond acceptors (Lipinski definition) is 5. The summed E-state index contributed by atoms with van der Waals surface area (Å²) in [4.78, 5) is 13.9. The van der Waals surface area contributed by atoms with E-state index in [2.05, 4.69) is 5.32 Å². The first-order valence-corrected chi connectivity index (χ1v) is 10.1. The van der Waals surface area contributed by atoms with Gasteiger partial charge >= 0.3 is 0 Å². The Morgan fingerprint density at radius 1 is 1.11 bits per heavy atom. The third kappa shape index (κ3) is 4.75. The van der Waals surface area contributed by atoms with Gasteiger partial charge in [-0.05, 0) is 44.9 Å². The van der Waals surface area contributed by atoms with E-state index in [1.54, 1.807) is 18.2 Å². The fourth-order valence-electron chi connectivity index (χ4n) is 2.81. The molecule has 0 aliphatic rings. The summed E-state index contributed by atoms with van der Waals surface area (Å²) in [6.45, 7) is 7.22. The summed E-state index contributed by atoms with van der Waals surface area (Å²) in [7, 11) is 0. The van der Waals surface area contributed by atoms with Gasteiger partial charge in [-0.2, -0.15) is 0 Å². The molecule has 0 saturated carbocycles. The smallest absolute Gasteiger partial charge is 0.285 e. The molecule has 3 rings (SSSR count). The number of ether oxygens (including phenoxy) is 1. The van der Waals surface area contributed by atoms with E-state index in [1.165, 1.54) is 11.5 Å². The van der Waals surface area contributed by atoms with Crippen molar-refractivity contribution in [3.63, 3.8) is 0 Å². The second-order valence-electron chi connectivity index (χ2n) is 7.56. The highest BCUT2D eigenvalue weighted by atomic mass is 32.1. The van der Waals surface area contributed by atoms with Crippen LogP contribution in [0.1, 0.15) is 27.2 Å². The van der Waals surface area contributed by atoms with Gasteiger partial charge in [0.2, 0.25) is 0 Å². The number of anilines is 1. The molecule has 0 spiro atoms. The number of phenolic OH excluding ortho intramolecular Hbond substituents is 1. The number of aromatic nitrogens is 1. The van der Waals surface area contributed by atoms with Crippen LogP contribution in [0.5, 0.6) is 11.5 Å². The molecular weight excluding hydrogens is 372 g/mol. The Bertz CT molecular complexity index is 971. The fourth-order valence-corrected chi connectivity index (χ4v) is 3.93. The van der Waals surface area contributed by atoms with E-state index in [0.717, 1.165) is 16.9 Å². The van der Waals surface area contributed by atoms with Crippen molar-refractivity contribution in [2.75, 3.05) is 18.5 Å². The first-order chi connectivity index (χ1) is 13.4. The molecule has 1 aromatic heterocycles. The number of nitrogens with zero attached hydrogens (tertiary/aromatic N) is 1. The maximum absolute atomic E-state index is 13.0. The van der Waals surface area contributed by atoms with Gasteiger partial charge in [0.1, 0.15) is 17.2 Å². The predicted octanol–water partition coefficient (Wildman–Crippen LogP) is 4.92. The number of hydrogen-bond donors (Lipinski definition) is 2. The lowest BCUT2D eigenvalue weighted by atomic mass is 10.1. The van der Waals surface area contributed by atoms with Crippen LogP contribution in [0, 0.1) is 0 Å². The molecule has 6 heteroatoms. The Morgan fingerprint density at radius 3 is 2.54 bits per heavy atom. The molecule has 0 fully saturated rings. The first kappa shape index (κ1) is 20.0. The Labute approximate surface area is 169 Å². The van der Waals surface area contributed by atoms with Crippen LogP contribution in [0.3, 0.4) is 0 Å². The van der Waals surface area contributed by atoms with E-state index in [9.17, 15) is 9.90 Å². The maximum Gasteiger partial charge on any atom is 0.285 e. The summed E-state index contributed by atoms with van der Waals surface area (Å²) in [5.74, 6) is 0.819. The van der Waals surface area contributed by atoms with Crippen molar-refractivity contribution >= 4 is 17.2 Å². The lowest BCUT2D eigenvalue weighted by Gasteiger charge is -2.18. The average molecular weight is 399 g/mol. The minimum atomic E-state index is -0.274. The zero-order valence-electron chi connectivity index (χ0n) is 16.4. The van der Waals surface area contributed by atoms with Crippen molar-refractivity contribution < 1.29 is 9.84 Å². The van der Waals surface area contributed by atoms with E-state index in [1.807, 2.05) is 61.1 Å². The van der Waals surface area contributed by atoms with Gasteiger partial charge in [-0.1, -0.05) is 47.9 Å². The van der Waals surface area contributed by atoms with Gasteiger partial charge < -0.3 is 15.2 Å². The highest BCUT2D eigenvalue weighted by molar-refractivity contribution is 7.11. The van der Waals surface area contributed by atoms with Gasteiger partial charge in [-0.25, -0.2) is 0 Å². The summed E-state index contributed by atoms with van der Waals surface area (Å²) in [5, 5.41) is 12.8. The van der Waals surface area contributed by atoms with Gasteiger partial charge in [0, 0.05) is 12.6 Å². The molecule has 0 bridgehead atoms. The number of nitrogens with one attached hydrogen (secondary N) is 1. The van der Waals surface area contributed by atoms with E-state index >= 15 is 0 Å². The van der Waals surface area contributed by atoms with Crippen LogP contribution in [0.25, 0.3) is 10.4 Å². The summed E-state index contributed by atoms with van der Waals surface area (Å²) in [6.07, 6.45) is 0.731. The van der Waals surface area contributed by atoms with E-state index in [0.29, 0.717) is 24.6 Å². The third-order valence-electron chi connectivity index (χ3n) is 4.16. The number of benzene rings is 2. The fraction of sp³-hybridized carbons (Fsp3) is 0.318. The number of aromatic hydroxyl groups is 1. The van der Waals surface area contributed by atoms with Crippen LogP contribution >= 0.6 is 11.5 Å². The molecule has 1 heterocycles. The van der Waals surface area contributed by atoms with Gasteiger partial charge in [0.05, 0.1) is 17.0 Å². The second kappa shape index (κ2) is 8.52. The molecule has 148 valence electrons. The molecule has 0 amide bonds. The van der Waals surface area contributed by atoms with Crippen molar-refractivity contribution in [2.24, 2.45) is 0 Å². The maximum atomic E-state index is 13.0. The third-order valence-corrected chi connectivity index (χ3v) is 5.68. The lowest BCUT2D eigenvalue weighted by Crippen LogP contribution is -2.30. The number of rotatable bonds is 7. The summed E-state index contributed by atoms with van der Waals surface area (Å²) in [5.41, 5.74) is 1.41. The summed E-state index contributed by atoms with van der Waals surface area (Å²) < 4.78 is 7.47. The van der Waals surface area contributed by atoms with E-state index < -0.39 is 0 Å². The first-order valence-electron chi connectivity index (χ1n) is 9.34. The van der Waals surface area contributed by atoms with Crippen molar-refractivity contribution in [1.82, 2.24) is 3.96 Å². The summed E-state index contributed by atoms with van der Waals surface area (Å²) >= 11 is 1.49. The van der Waals surface area contributed by atoms with Gasteiger partial charge in [-0.15, -0.1) is 0 Å². The minimum Gasteiger partial charge on any atom is -0.508 e.